The van der Waals surface area contributed by atoms with Crippen molar-refractivity contribution in [1.29, 1.82) is 0 Å². The summed E-state index contributed by atoms with van der Waals surface area (Å²) >= 11 is 0. The number of hydrogen-bond acceptors (Lipinski definition) is 4. The van der Waals surface area contributed by atoms with Gasteiger partial charge in [0.15, 0.2) is 6.54 Å². The fourth-order valence-corrected chi connectivity index (χ4v) is 2.16. The van der Waals surface area contributed by atoms with E-state index in [1.165, 1.54) is 11.7 Å². The van der Waals surface area contributed by atoms with Crippen LogP contribution in [-0.2, 0) is 14.3 Å². The van der Waals surface area contributed by atoms with Crippen LogP contribution in [0.3, 0.4) is 0 Å². The van der Waals surface area contributed by atoms with Crippen LogP contribution in [0.1, 0.15) is 6.92 Å². The molecule has 0 N–H and O–H groups in total. The van der Waals surface area contributed by atoms with Crippen LogP contribution >= 0.6 is 0 Å². The largest absolute Gasteiger partial charge is 0.501 e. The highest BCUT2D eigenvalue weighted by Crippen LogP contribution is 2.19. The Kier molecular flexibility index (Phi) is 3.59. The van der Waals surface area contributed by atoms with E-state index in [-0.39, 0.29) is 19.0 Å². The lowest BCUT2D eigenvalue weighted by molar-refractivity contribution is -0.431. The Morgan fingerprint density at radius 1 is 1.42 bits per heavy atom. The van der Waals surface area contributed by atoms with Crippen molar-refractivity contribution in [2.75, 3.05) is 20.2 Å². The Morgan fingerprint density at radius 2 is 2.16 bits per heavy atom. The summed E-state index contributed by atoms with van der Waals surface area (Å²) in [4.78, 5) is 36.9. The summed E-state index contributed by atoms with van der Waals surface area (Å²) in [6, 6.07) is -0.482. The predicted molar refractivity (Wildman–Crippen MR) is 66.7 cm³/mol. The number of rotatable bonds is 3. The third kappa shape index (κ3) is 2.21. The van der Waals surface area contributed by atoms with E-state index in [1.54, 1.807) is 31.2 Å². The number of carbonyl (C=O) groups excluding carboxylic acids is 3. The van der Waals surface area contributed by atoms with E-state index >= 15 is 0 Å². The first-order chi connectivity index (χ1) is 9.10. The van der Waals surface area contributed by atoms with Crippen molar-refractivity contribution < 1.29 is 23.7 Å². The molecular formula is C13H15N2O4+. The van der Waals surface area contributed by atoms with Crippen molar-refractivity contribution in [2.45, 2.75) is 6.92 Å². The second-order valence-electron chi connectivity index (χ2n) is 4.17. The molecule has 0 saturated carbocycles. The topological polar surface area (TPSA) is 66.7 Å². The van der Waals surface area contributed by atoms with Crippen LogP contribution in [0.2, 0.25) is 0 Å². The average Bonchev–Trinajstić information content (AvgIpc) is 2.43. The molecule has 0 fully saturated rings. The van der Waals surface area contributed by atoms with Crippen LogP contribution in [0.15, 0.2) is 24.3 Å². The van der Waals surface area contributed by atoms with E-state index in [2.05, 4.69) is 4.74 Å². The van der Waals surface area contributed by atoms with Crippen LogP contribution in [0, 0.1) is 5.92 Å². The first-order valence-electron chi connectivity index (χ1n) is 6.01. The Hall–Kier alpha value is -2.24. The summed E-state index contributed by atoms with van der Waals surface area (Å²) < 4.78 is 5.88. The second kappa shape index (κ2) is 5.17. The molecule has 1 aliphatic carbocycles. The molecule has 0 spiro atoms. The van der Waals surface area contributed by atoms with Gasteiger partial charge in [-0.1, -0.05) is 18.2 Å². The van der Waals surface area contributed by atoms with Crippen molar-refractivity contribution in [3.8, 4) is 0 Å². The van der Waals surface area contributed by atoms with Gasteiger partial charge in [0.05, 0.1) is 13.7 Å². The van der Waals surface area contributed by atoms with E-state index in [0.29, 0.717) is 5.71 Å². The van der Waals surface area contributed by atoms with Crippen LogP contribution < -0.4 is 0 Å². The van der Waals surface area contributed by atoms with Gasteiger partial charge >= 0.3 is 17.9 Å². The van der Waals surface area contributed by atoms with Gasteiger partial charge in [0.2, 0.25) is 0 Å². The van der Waals surface area contributed by atoms with E-state index < -0.39 is 17.9 Å². The fraction of sp³-hybridized carbons (Fsp3) is 0.385. The molecule has 100 valence electrons. The van der Waals surface area contributed by atoms with Gasteiger partial charge in [0, 0.05) is 0 Å². The third-order valence-electron chi connectivity index (χ3n) is 3.14. The summed E-state index contributed by atoms with van der Waals surface area (Å²) in [6.07, 6.45) is 6.89. The smallest absolute Gasteiger partial charge is 0.466 e. The number of nitrogens with zero attached hydrogens (tertiary/aromatic N) is 2. The monoisotopic (exact) mass is 263 g/mol. The lowest BCUT2D eigenvalue weighted by atomic mass is 9.94. The van der Waals surface area contributed by atoms with Gasteiger partial charge in [0.1, 0.15) is 11.6 Å². The maximum absolute atomic E-state index is 12.2. The molecule has 6 nitrogen and oxygen atoms in total. The molecule has 0 bridgehead atoms. The van der Waals surface area contributed by atoms with Gasteiger partial charge in [-0.25, -0.2) is 9.59 Å². The Bertz CT molecular complexity index is 531. The van der Waals surface area contributed by atoms with Crippen molar-refractivity contribution >= 4 is 23.6 Å². The Balaban J connectivity index is 2.47. The minimum absolute atomic E-state index is 0.191. The van der Waals surface area contributed by atoms with Gasteiger partial charge in [-0.2, -0.15) is 14.3 Å². The molecule has 1 heterocycles. The van der Waals surface area contributed by atoms with Gasteiger partial charge < -0.3 is 4.74 Å². The molecule has 0 aromatic heterocycles. The lowest BCUT2D eigenvalue weighted by Crippen LogP contribution is -2.55. The summed E-state index contributed by atoms with van der Waals surface area (Å²) in [5, 5.41) is 0. The molecule has 1 atom stereocenters. The van der Waals surface area contributed by atoms with E-state index in [0.717, 1.165) is 4.90 Å². The minimum atomic E-state index is -0.520. The molecule has 2 rings (SSSR count). The average molecular weight is 263 g/mol. The van der Waals surface area contributed by atoms with Crippen molar-refractivity contribution in [2.24, 2.45) is 5.92 Å². The van der Waals surface area contributed by atoms with Crippen molar-refractivity contribution in [3.05, 3.63) is 24.3 Å². The maximum Gasteiger partial charge on any atom is 0.501 e. The standard InChI is InChI=1S/C13H15N2O4/c1-3-14-12(17)9-6-4-5-7-10(9)15(13(14)18)8-11(16)19-2/h4-7,9H,3,8H2,1-2H3/q+1. The quantitative estimate of drug-likeness (QED) is 0.544. The second-order valence-corrected chi connectivity index (χ2v) is 4.17. The number of allylic oxidation sites excluding steroid dienone is 3. The summed E-state index contributed by atoms with van der Waals surface area (Å²) in [5.74, 6) is -1.29. The SMILES string of the molecule is CCN1C(=O)C2C=CC=CC2=[N+](CC(=O)OC)C1=O. The number of imide groups is 1. The van der Waals surface area contributed by atoms with E-state index in [4.69, 9.17) is 0 Å². The highest BCUT2D eigenvalue weighted by Gasteiger charge is 2.46. The normalized spacial score (nSPS) is 21.8. The van der Waals surface area contributed by atoms with E-state index in [1.807, 2.05) is 0 Å². The number of ether oxygens (including phenoxy) is 1. The Morgan fingerprint density at radius 3 is 2.79 bits per heavy atom. The summed E-state index contributed by atoms with van der Waals surface area (Å²) in [6.45, 7) is 1.80. The highest BCUT2D eigenvalue weighted by molar-refractivity contribution is 6.16. The number of amides is 3. The fourth-order valence-electron chi connectivity index (χ4n) is 2.16. The van der Waals surface area contributed by atoms with Crippen LogP contribution in [0.4, 0.5) is 4.79 Å². The zero-order valence-electron chi connectivity index (χ0n) is 10.8. The third-order valence-corrected chi connectivity index (χ3v) is 3.14. The predicted octanol–water partition coefficient (Wildman–Crippen LogP) is 0.337. The summed E-state index contributed by atoms with van der Waals surface area (Å²) in [7, 11) is 1.26. The minimum Gasteiger partial charge on any atom is -0.466 e. The first-order valence-corrected chi connectivity index (χ1v) is 6.01. The zero-order chi connectivity index (χ0) is 14.0. The molecular weight excluding hydrogens is 248 g/mol. The van der Waals surface area contributed by atoms with Crippen molar-refractivity contribution in [3.63, 3.8) is 0 Å². The molecule has 2 aliphatic rings. The molecule has 0 saturated heterocycles. The van der Waals surface area contributed by atoms with Crippen molar-refractivity contribution in [1.82, 2.24) is 4.90 Å². The lowest BCUT2D eigenvalue weighted by Gasteiger charge is -2.25. The number of methoxy groups -OCH3 is 1. The Labute approximate surface area is 110 Å². The van der Waals surface area contributed by atoms with E-state index in [9.17, 15) is 14.4 Å². The number of hydrogen-bond donors (Lipinski definition) is 0. The molecule has 19 heavy (non-hydrogen) atoms. The molecule has 3 amide bonds. The highest BCUT2D eigenvalue weighted by atomic mass is 16.5. The van der Waals surface area contributed by atoms with Gasteiger partial charge in [0.25, 0.3) is 0 Å². The van der Waals surface area contributed by atoms with Gasteiger partial charge in [-0.15, -0.1) is 0 Å². The zero-order valence-corrected chi connectivity index (χ0v) is 10.8. The van der Waals surface area contributed by atoms with Crippen LogP contribution in [0.5, 0.6) is 0 Å². The van der Waals surface area contributed by atoms with Crippen LogP contribution in [-0.4, -0.2) is 53.3 Å². The number of fused-ring (bicyclic) bond motifs is 1. The summed E-state index contributed by atoms with van der Waals surface area (Å²) in [5.41, 5.74) is 0.521. The van der Waals surface area contributed by atoms with Crippen LogP contribution in [0.25, 0.3) is 0 Å². The van der Waals surface area contributed by atoms with Gasteiger partial charge in [-0.3, -0.25) is 0 Å². The molecule has 1 unspecified atom stereocenters. The molecule has 6 heteroatoms. The molecule has 1 aliphatic heterocycles. The molecule has 0 radical (unpaired) electrons. The maximum atomic E-state index is 12.2. The first kappa shape index (κ1) is 13.2. The number of carbonyl (C=O) groups is 3. The van der Waals surface area contributed by atoms with Gasteiger partial charge in [-0.05, 0) is 13.0 Å². The molecule has 0 aromatic rings. The molecule has 0 aromatic carbocycles. The number of esters is 1. The number of urea groups is 1.